The van der Waals surface area contributed by atoms with E-state index in [1.165, 1.54) is 10.6 Å². The molecule has 0 rings (SSSR count). The number of nitrogens with one attached hydrogen (secondary N) is 9. The van der Waals surface area contributed by atoms with Crippen LogP contribution in [0.5, 0.6) is 0 Å². The second kappa shape index (κ2) is 109. The molecule has 0 spiro atoms. The maximum absolute atomic E-state index is 11.9. The van der Waals surface area contributed by atoms with Gasteiger partial charge in [0, 0.05) is 186 Å². The number of Topliss-reactive ketones (excluding diaryl/α,β-unsaturated/α-hetero) is 2. The first kappa shape index (κ1) is 117. The van der Waals surface area contributed by atoms with E-state index in [1.807, 2.05) is 89.4 Å². The second-order valence-corrected chi connectivity index (χ2v) is 25.8. The van der Waals surface area contributed by atoms with Crippen molar-refractivity contribution in [3.8, 4) is 0 Å². The number of carbonyl (C=O) groups is 6. The number of ether oxygens (including phenoxy) is 14. The van der Waals surface area contributed by atoms with Gasteiger partial charge in [-0.25, -0.2) is 19.2 Å². The van der Waals surface area contributed by atoms with Crippen molar-refractivity contribution in [1.82, 2.24) is 42.5 Å². The van der Waals surface area contributed by atoms with Gasteiger partial charge in [0.2, 0.25) is 0 Å². The van der Waals surface area contributed by atoms with Crippen molar-refractivity contribution in [1.29, 1.82) is 0 Å². The minimum absolute atomic E-state index is 0. The van der Waals surface area contributed by atoms with Crippen LogP contribution in [0.4, 0.5) is 19.2 Å². The number of hydrogen-bond acceptors (Lipinski definition) is 28. The van der Waals surface area contributed by atoms with Gasteiger partial charge in [-0.1, -0.05) is 42.0 Å². The third-order valence-electron chi connectivity index (χ3n) is 11.1. The van der Waals surface area contributed by atoms with Gasteiger partial charge in [0.15, 0.2) is 0 Å². The van der Waals surface area contributed by atoms with Crippen LogP contribution in [0, 0.1) is 0 Å². The summed E-state index contributed by atoms with van der Waals surface area (Å²) < 4.78 is 96.1. The van der Waals surface area contributed by atoms with E-state index in [1.54, 1.807) is 41.9 Å². The number of halogens is 3. The minimum atomic E-state index is -0.522. The normalized spacial score (nSPS) is 10.8. The maximum atomic E-state index is 11.9. The van der Waals surface area contributed by atoms with E-state index < -0.39 is 23.4 Å². The van der Waals surface area contributed by atoms with E-state index in [0.717, 1.165) is 64.4 Å². The van der Waals surface area contributed by atoms with Crippen molar-refractivity contribution in [2.75, 3.05) is 252 Å². The fraction of sp³-hybridized carbons (Fsp3) is 0.913. The molecule has 0 saturated carbocycles. The van der Waals surface area contributed by atoms with Crippen LogP contribution in [0.2, 0.25) is 4.24 Å². The van der Waals surface area contributed by atoms with Gasteiger partial charge < -0.3 is 127 Å². The van der Waals surface area contributed by atoms with Gasteiger partial charge in [-0.3, -0.25) is 20.2 Å². The monoisotopic (exact) mass is 1890 g/mol. The average Bonchev–Trinajstić information content (AvgIpc) is 0.959. The SMILES string of the molecule is C.C.C.CC(C)(C)OC(=O)NCCOCCOCCN.CCCOCCOCCCC(=O)CCCCCNC(=O)NCCOCCOCCNC(=O)OC(C)(C)C.NCCOCCOCCCC(=O)CCCCCNC(=O)NCCOCCOCCN.NCCOCCOCCN.[3H]N(C)I.[3H]N(C)I.[3H]N(C)I. The van der Waals surface area contributed by atoms with Crippen LogP contribution >= 0.6 is 68.6 Å². The summed E-state index contributed by atoms with van der Waals surface area (Å²) in [6.45, 7) is 31.0. The Balaban J connectivity index is -0.000000151. The lowest BCUT2D eigenvalue weighted by molar-refractivity contribution is -0.120. The summed E-state index contributed by atoms with van der Waals surface area (Å²) >= 11 is 5.53. The number of hydrogen-bond donors (Lipinski definition) is 14. The molecule has 0 aromatic carbocycles. The largest absolute Gasteiger partial charge is 0.444 e. The zero-order valence-corrected chi connectivity index (χ0v) is 70.9. The number of urea groups is 2. The fourth-order valence-corrected chi connectivity index (χ4v) is 6.81. The van der Waals surface area contributed by atoms with Crippen molar-refractivity contribution in [3.63, 3.8) is 0 Å². The average molecular weight is 1890 g/mol. The van der Waals surface area contributed by atoms with Crippen LogP contribution in [0.1, 0.15) is 154 Å². The topological polar surface area (TPSA) is 470 Å². The van der Waals surface area contributed by atoms with Crippen LogP contribution in [-0.2, 0) is 75.9 Å². The van der Waals surface area contributed by atoms with Gasteiger partial charge in [0.1, 0.15) is 27.0 Å². The van der Waals surface area contributed by atoms with Gasteiger partial charge in [-0.2, -0.15) is 0 Å². The third-order valence-corrected chi connectivity index (χ3v) is 11.1. The first-order valence-electron chi connectivity index (χ1n) is 36.9. The molecule has 644 valence electrons. The molecule has 0 aliphatic heterocycles. The molecule has 0 aromatic heterocycles. The lowest BCUT2D eigenvalue weighted by Gasteiger charge is -2.19. The number of unbranched alkanes of at least 4 members (excludes halogenated alkanes) is 4. The molecule has 34 nitrogen and oxygen atoms in total. The molecule has 0 unspecified atom stereocenters. The van der Waals surface area contributed by atoms with E-state index in [9.17, 15) is 28.8 Å². The molecule has 0 aromatic rings. The summed E-state index contributed by atoms with van der Waals surface area (Å²) in [5.41, 5.74) is 25.2. The first-order valence-corrected chi connectivity index (χ1v) is 38.5. The lowest BCUT2D eigenvalue weighted by Crippen LogP contribution is -2.37. The molecule has 0 bridgehead atoms. The van der Waals surface area contributed by atoms with Crippen molar-refractivity contribution < 1.29 is 99.3 Å². The standard InChI is InChI=1S/C26H51N3O8.C20H42N4O6.C11H24N2O4.C6H16N2O2.3CH4IN.3CH4/c1-5-15-33-19-20-34-16-9-11-23(30)10-7-6-8-12-27-24(31)28-13-17-35-21-22-36-18-14-29-25(32)37-26(2,3)4;21-7-12-28-16-15-27-11-4-6-19(25)5-2-1-3-9-23-20(26)24-10-14-30-18-17-29-13-8-22;1-11(2,3)17-10(14)13-5-7-16-9-8-15-6-4-12;7-1-3-9-5-6-10-4-2-8;3*1-3-2;;;/h5-22H2,1-4H3,(H,29,32)(H2,27,28,31);1-18,21-22H2,(H2,23,24,26);4-9,12H2,1-3H3,(H,13,14);1-8H2;3*3H,1H3;3*1H4/i/hT3. The Morgan fingerprint density at radius 1 is 0.302 bits per heavy atom. The summed E-state index contributed by atoms with van der Waals surface area (Å²) in [4.78, 5) is 69.7. The summed E-state index contributed by atoms with van der Waals surface area (Å²) in [5.74, 6) is 0.525. The van der Waals surface area contributed by atoms with E-state index in [4.69, 9.17) is 99.2 Å². The molecule has 0 atom stereocenters. The molecule has 6 amide bonds. The maximum Gasteiger partial charge on any atom is 0.407 e. The molecule has 0 fully saturated rings. The van der Waals surface area contributed by atoms with E-state index in [0.29, 0.717) is 250 Å². The van der Waals surface area contributed by atoms with Crippen LogP contribution in [0.15, 0.2) is 0 Å². The van der Waals surface area contributed by atoms with Crippen LogP contribution in [-0.4, -0.2) is 299 Å². The number of amides is 6. The van der Waals surface area contributed by atoms with Gasteiger partial charge in [0.25, 0.3) is 0 Å². The predicted molar refractivity (Wildman–Crippen MR) is 452 cm³/mol. The molecule has 0 aliphatic rings. The Morgan fingerprint density at radius 2 is 0.509 bits per heavy atom. The number of nitrogens with two attached hydrogens (primary N) is 5. The van der Waals surface area contributed by atoms with Crippen LogP contribution < -0.4 is 71.1 Å². The van der Waals surface area contributed by atoms with Crippen molar-refractivity contribution in [2.24, 2.45) is 28.7 Å². The molecule has 0 radical (unpaired) electrons. The van der Waals surface area contributed by atoms with Crippen LogP contribution in [0.25, 0.3) is 0 Å². The highest BCUT2D eigenvalue weighted by Crippen LogP contribution is 2.08. The summed E-state index contributed by atoms with van der Waals surface area (Å²) in [7, 11) is 4.96. The number of rotatable bonds is 62. The molecule has 0 aliphatic carbocycles. The second-order valence-electron chi connectivity index (χ2n) is 22.9. The van der Waals surface area contributed by atoms with Crippen molar-refractivity contribution in [2.45, 2.75) is 165 Å². The molecule has 0 saturated heterocycles. The Kier molecular flexibility index (Phi) is 121. The quantitative estimate of drug-likeness (QED) is 0.0178. The molecule has 106 heavy (non-hydrogen) atoms. The fourth-order valence-electron chi connectivity index (χ4n) is 6.81. The van der Waals surface area contributed by atoms with Gasteiger partial charge in [-0.05, 0) is 108 Å². The minimum Gasteiger partial charge on any atom is -0.444 e. The third kappa shape index (κ3) is 141. The highest BCUT2D eigenvalue weighted by atomic mass is 127. The summed E-state index contributed by atoms with van der Waals surface area (Å²) in [6.07, 6.45) is 9.01. The predicted octanol–water partition coefficient (Wildman–Crippen LogP) is 6.39. The van der Waals surface area contributed by atoms with E-state index >= 15 is 0 Å². The number of alkyl carbamates (subject to hydrolysis) is 2. The zero-order valence-electron chi connectivity index (χ0n) is 67.5. The van der Waals surface area contributed by atoms with E-state index in [-0.39, 0.29) is 45.9 Å². The summed E-state index contributed by atoms with van der Waals surface area (Å²) in [5, 5.41) is 16.3. The zero-order chi connectivity index (χ0) is 81.3. The Morgan fingerprint density at radius 3 is 0.745 bits per heavy atom. The smallest absolute Gasteiger partial charge is 0.407 e. The Labute approximate surface area is 687 Å². The van der Waals surface area contributed by atoms with Gasteiger partial charge in [0.05, 0.1) is 139 Å². The van der Waals surface area contributed by atoms with Crippen molar-refractivity contribution >= 4 is 104 Å². The lowest BCUT2D eigenvalue weighted by atomic mass is 10.1. The highest BCUT2D eigenvalue weighted by Gasteiger charge is 2.16. The molecule has 37 heteroatoms. The van der Waals surface area contributed by atoms with Gasteiger partial charge >= 0.3 is 24.2 Å². The van der Waals surface area contributed by atoms with Crippen molar-refractivity contribution in [3.05, 3.63) is 0 Å². The first-order chi connectivity index (χ1) is 50.5. The molecular formula is C69H157I3N14O20. The summed E-state index contributed by atoms with van der Waals surface area (Å²) in [6, 6.07) is -0.438. The van der Waals surface area contributed by atoms with Crippen LogP contribution in [0.3, 0.4) is 0 Å². The molecule has 0 heterocycles. The highest BCUT2D eigenvalue weighted by molar-refractivity contribution is 14.1. The van der Waals surface area contributed by atoms with E-state index in [2.05, 4.69) is 38.8 Å². The molecule has 19 N–H and O–H groups in total. The number of ketones is 2. The number of carbonyl (C=O) groups excluding carboxylic acids is 6. The Hall–Kier alpha value is -2.19. The van der Waals surface area contributed by atoms with Gasteiger partial charge in [-0.15, -0.1) is 0 Å². The Bertz CT molecular complexity index is 1790. The molecular weight excluding hydrogens is 1730 g/mol.